The third-order valence-corrected chi connectivity index (χ3v) is 5.34. The maximum atomic E-state index is 6.17. The van der Waals surface area contributed by atoms with E-state index in [1.807, 2.05) is 18.2 Å². The van der Waals surface area contributed by atoms with Gasteiger partial charge in [0, 0.05) is 39.5 Å². The van der Waals surface area contributed by atoms with Crippen molar-refractivity contribution in [1.82, 2.24) is 4.90 Å². The zero-order valence-electron chi connectivity index (χ0n) is 12.2. The molecule has 1 unspecified atom stereocenters. The van der Waals surface area contributed by atoms with Crippen molar-refractivity contribution in [3.05, 3.63) is 55.6 Å². The SMILES string of the molecule is CC(C)N(Cc1cccs1)C(CN)c1cc(Cl)ccc1Br. The van der Waals surface area contributed by atoms with Gasteiger partial charge in [-0.15, -0.1) is 11.3 Å². The van der Waals surface area contributed by atoms with E-state index in [0.717, 1.165) is 21.6 Å². The molecule has 0 fully saturated rings. The van der Waals surface area contributed by atoms with Crippen LogP contribution in [0.2, 0.25) is 5.02 Å². The molecule has 0 saturated heterocycles. The molecule has 0 bridgehead atoms. The van der Waals surface area contributed by atoms with Crippen LogP contribution in [0.1, 0.15) is 30.3 Å². The van der Waals surface area contributed by atoms with Crippen LogP contribution in [0.3, 0.4) is 0 Å². The summed E-state index contributed by atoms with van der Waals surface area (Å²) in [6.45, 7) is 5.86. The Kier molecular flexibility index (Phi) is 6.26. The maximum Gasteiger partial charge on any atom is 0.0488 e. The number of benzene rings is 1. The van der Waals surface area contributed by atoms with Gasteiger partial charge >= 0.3 is 0 Å². The van der Waals surface area contributed by atoms with Gasteiger partial charge in [0.25, 0.3) is 0 Å². The first-order valence-corrected chi connectivity index (χ1v) is 9.01. The van der Waals surface area contributed by atoms with Gasteiger partial charge in [0.15, 0.2) is 0 Å². The molecular weight excluding hydrogens is 368 g/mol. The summed E-state index contributed by atoms with van der Waals surface area (Å²) in [5, 5.41) is 2.85. The topological polar surface area (TPSA) is 29.3 Å². The number of hydrogen-bond donors (Lipinski definition) is 1. The van der Waals surface area contributed by atoms with E-state index in [-0.39, 0.29) is 6.04 Å². The minimum atomic E-state index is 0.139. The summed E-state index contributed by atoms with van der Waals surface area (Å²) >= 11 is 11.6. The van der Waals surface area contributed by atoms with Crippen molar-refractivity contribution in [2.75, 3.05) is 6.54 Å². The second-order valence-corrected chi connectivity index (χ2v) is 7.59. The smallest absolute Gasteiger partial charge is 0.0488 e. The molecule has 1 atom stereocenters. The van der Waals surface area contributed by atoms with Crippen molar-refractivity contribution >= 4 is 38.9 Å². The molecule has 0 aliphatic carbocycles. The van der Waals surface area contributed by atoms with Crippen LogP contribution >= 0.6 is 38.9 Å². The number of halogens is 2. The van der Waals surface area contributed by atoms with Gasteiger partial charge in [-0.3, -0.25) is 4.90 Å². The summed E-state index contributed by atoms with van der Waals surface area (Å²) < 4.78 is 1.05. The van der Waals surface area contributed by atoms with Gasteiger partial charge in [0.05, 0.1) is 0 Å². The van der Waals surface area contributed by atoms with Crippen molar-refractivity contribution in [2.45, 2.75) is 32.5 Å². The van der Waals surface area contributed by atoms with E-state index >= 15 is 0 Å². The molecule has 1 aromatic heterocycles. The first kappa shape index (κ1) is 17.0. The first-order valence-electron chi connectivity index (χ1n) is 6.96. The Morgan fingerprint density at radius 2 is 2.10 bits per heavy atom. The average molecular weight is 388 g/mol. The quantitative estimate of drug-likeness (QED) is 0.749. The Labute approximate surface area is 144 Å². The molecule has 21 heavy (non-hydrogen) atoms. The van der Waals surface area contributed by atoms with Crippen LogP contribution in [0.4, 0.5) is 0 Å². The van der Waals surface area contributed by atoms with Crippen LogP contribution < -0.4 is 5.73 Å². The van der Waals surface area contributed by atoms with Gasteiger partial charge in [-0.05, 0) is 49.1 Å². The average Bonchev–Trinajstić information content (AvgIpc) is 2.95. The van der Waals surface area contributed by atoms with Crippen LogP contribution in [-0.2, 0) is 6.54 Å². The van der Waals surface area contributed by atoms with Gasteiger partial charge in [-0.25, -0.2) is 0 Å². The molecule has 2 N–H and O–H groups in total. The van der Waals surface area contributed by atoms with Crippen molar-refractivity contribution in [1.29, 1.82) is 0 Å². The number of nitrogens with zero attached hydrogens (tertiary/aromatic N) is 1. The maximum absolute atomic E-state index is 6.17. The van der Waals surface area contributed by atoms with Crippen molar-refractivity contribution < 1.29 is 0 Å². The minimum absolute atomic E-state index is 0.139. The molecular formula is C16H20BrClN2S. The monoisotopic (exact) mass is 386 g/mol. The van der Waals surface area contributed by atoms with E-state index in [4.69, 9.17) is 17.3 Å². The Morgan fingerprint density at radius 3 is 2.67 bits per heavy atom. The Balaban J connectivity index is 2.33. The lowest BCUT2D eigenvalue weighted by Gasteiger charge is -2.35. The lowest BCUT2D eigenvalue weighted by atomic mass is 10.0. The second kappa shape index (κ2) is 7.75. The fraction of sp³-hybridized carbons (Fsp3) is 0.375. The van der Waals surface area contributed by atoms with E-state index in [0.29, 0.717) is 12.6 Å². The van der Waals surface area contributed by atoms with Gasteiger partial charge in [0.2, 0.25) is 0 Å². The molecule has 0 aliphatic rings. The lowest BCUT2D eigenvalue weighted by Crippen LogP contribution is -2.38. The Morgan fingerprint density at radius 1 is 1.33 bits per heavy atom. The predicted molar refractivity (Wildman–Crippen MR) is 95.9 cm³/mol. The van der Waals surface area contributed by atoms with E-state index in [9.17, 15) is 0 Å². The first-order chi connectivity index (χ1) is 10.0. The molecule has 114 valence electrons. The van der Waals surface area contributed by atoms with Crippen LogP contribution in [0.5, 0.6) is 0 Å². The fourth-order valence-electron chi connectivity index (χ4n) is 2.45. The van der Waals surface area contributed by atoms with E-state index in [1.165, 1.54) is 4.88 Å². The molecule has 2 aromatic rings. The summed E-state index contributed by atoms with van der Waals surface area (Å²) in [6.07, 6.45) is 0. The Bertz CT molecular complexity index is 572. The molecule has 5 heteroatoms. The third kappa shape index (κ3) is 4.30. The predicted octanol–water partition coefficient (Wildman–Crippen LogP) is 5.07. The molecule has 2 nitrogen and oxygen atoms in total. The van der Waals surface area contributed by atoms with Crippen LogP contribution in [0.25, 0.3) is 0 Å². The summed E-state index contributed by atoms with van der Waals surface area (Å²) in [5.41, 5.74) is 7.24. The van der Waals surface area contributed by atoms with Crippen molar-refractivity contribution in [2.24, 2.45) is 5.73 Å². The molecule has 2 rings (SSSR count). The highest BCUT2D eigenvalue weighted by molar-refractivity contribution is 9.10. The lowest BCUT2D eigenvalue weighted by molar-refractivity contribution is 0.149. The summed E-state index contributed by atoms with van der Waals surface area (Å²) in [4.78, 5) is 3.77. The molecule has 1 heterocycles. The highest BCUT2D eigenvalue weighted by atomic mass is 79.9. The van der Waals surface area contributed by atoms with Crippen molar-refractivity contribution in [3.63, 3.8) is 0 Å². The Hall–Kier alpha value is -0.390. The summed E-state index contributed by atoms with van der Waals surface area (Å²) in [6, 6.07) is 10.7. The summed E-state index contributed by atoms with van der Waals surface area (Å²) in [5.74, 6) is 0. The van der Waals surface area contributed by atoms with Gasteiger partial charge in [-0.2, -0.15) is 0 Å². The number of nitrogens with two attached hydrogens (primary N) is 1. The normalized spacial score (nSPS) is 13.1. The molecule has 0 radical (unpaired) electrons. The molecule has 0 aliphatic heterocycles. The number of thiophene rings is 1. The zero-order valence-corrected chi connectivity index (χ0v) is 15.4. The fourth-order valence-corrected chi connectivity index (χ4v) is 3.85. The molecule has 1 aromatic carbocycles. The van der Waals surface area contributed by atoms with E-state index in [1.54, 1.807) is 11.3 Å². The number of hydrogen-bond acceptors (Lipinski definition) is 3. The van der Waals surface area contributed by atoms with Gasteiger partial charge < -0.3 is 5.73 Å². The highest BCUT2D eigenvalue weighted by Crippen LogP contribution is 2.32. The second-order valence-electron chi connectivity index (χ2n) is 5.26. The van der Waals surface area contributed by atoms with E-state index in [2.05, 4.69) is 52.2 Å². The molecule has 0 spiro atoms. The van der Waals surface area contributed by atoms with Crippen molar-refractivity contribution in [3.8, 4) is 0 Å². The minimum Gasteiger partial charge on any atom is -0.329 e. The van der Waals surface area contributed by atoms with Gasteiger partial charge in [-0.1, -0.05) is 33.6 Å². The van der Waals surface area contributed by atoms with Gasteiger partial charge in [0.1, 0.15) is 0 Å². The largest absolute Gasteiger partial charge is 0.329 e. The van der Waals surface area contributed by atoms with Crippen LogP contribution in [0.15, 0.2) is 40.2 Å². The number of rotatable bonds is 6. The van der Waals surface area contributed by atoms with E-state index < -0.39 is 0 Å². The third-order valence-electron chi connectivity index (χ3n) is 3.52. The van der Waals surface area contributed by atoms with Crippen LogP contribution in [-0.4, -0.2) is 17.5 Å². The van der Waals surface area contributed by atoms with Crippen LogP contribution in [0, 0.1) is 0 Å². The molecule has 0 saturated carbocycles. The standard InChI is InChI=1S/C16H20BrClN2S/c1-11(2)20(10-13-4-3-7-21-13)16(9-19)14-8-12(18)5-6-15(14)17/h3-8,11,16H,9-10,19H2,1-2H3. The highest BCUT2D eigenvalue weighted by Gasteiger charge is 2.24. The summed E-state index contributed by atoms with van der Waals surface area (Å²) in [7, 11) is 0. The zero-order chi connectivity index (χ0) is 15.4. The molecule has 0 amide bonds.